The first-order valence-corrected chi connectivity index (χ1v) is 4.00. The molecule has 0 atom stereocenters. The summed E-state index contributed by atoms with van der Waals surface area (Å²) in [5, 5.41) is 15.5. The van der Waals surface area contributed by atoms with Gasteiger partial charge in [0.15, 0.2) is 0 Å². The molecule has 0 bridgehead atoms. The fraction of sp³-hybridized carbons (Fsp3) is 0.400. The van der Waals surface area contributed by atoms with Gasteiger partial charge in [0.05, 0.1) is 11.4 Å². The van der Waals surface area contributed by atoms with Gasteiger partial charge in [0.25, 0.3) is 0 Å². The van der Waals surface area contributed by atoms with Gasteiger partial charge in [-0.1, -0.05) is 0 Å². The molecule has 0 radical (unpaired) electrons. The lowest BCUT2D eigenvalue weighted by atomic mass is 9.86. The van der Waals surface area contributed by atoms with Crippen molar-refractivity contribution in [3.63, 3.8) is 0 Å². The Kier molecular flexibility index (Phi) is 2.01. The lowest BCUT2D eigenvalue weighted by Gasteiger charge is -2.19. The molecule has 0 amide bonds. The van der Waals surface area contributed by atoms with E-state index in [1.807, 2.05) is 27.7 Å². The van der Waals surface area contributed by atoms with E-state index < -0.39 is 0 Å². The second-order valence-electron chi connectivity index (χ2n) is 3.25. The van der Waals surface area contributed by atoms with Gasteiger partial charge in [0.2, 0.25) is 0 Å². The molecule has 2 nitrogen and oxygen atoms in total. The highest BCUT2D eigenvalue weighted by molar-refractivity contribution is 6.26. The molecule has 0 aromatic heterocycles. The van der Waals surface area contributed by atoms with Crippen LogP contribution in [0, 0.1) is 10.8 Å². The van der Waals surface area contributed by atoms with Crippen LogP contribution in [0.1, 0.15) is 27.7 Å². The first kappa shape index (κ1) is 8.91. The van der Waals surface area contributed by atoms with Gasteiger partial charge >= 0.3 is 0 Å². The third-order valence-corrected chi connectivity index (χ3v) is 2.62. The van der Waals surface area contributed by atoms with Crippen molar-refractivity contribution in [1.29, 1.82) is 10.8 Å². The number of rotatable bonds is 0. The van der Waals surface area contributed by atoms with Gasteiger partial charge in [-0.25, -0.2) is 0 Å². The van der Waals surface area contributed by atoms with E-state index in [-0.39, 0.29) is 0 Å². The second-order valence-corrected chi connectivity index (χ2v) is 3.25. The molecule has 0 fully saturated rings. The molecule has 2 heteroatoms. The minimum atomic E-state index is 0.584. The van der Waals surface area contributed by atoms with E-state index in [9.17, 15) is 0 Å². The maximum Gasteiger partial charge on any atom is 0.0605 e. The SMILES string of the molecule is CC1=C(C)C(=N)C(C)=C(C)C1=N. The molecule has 0 saturated carbocycles. The predicted molar refractivity (Wildman–Crippen MR) is 52.2 cm³/mol. The van der Waals surface area contributed by atoms with Gasteiger partial charge < -0.3 is 10.8 Å². The van der Waals surface area contributed by atoms with Crippen molar-refractivity contribution in [3.8, 4) is 0 Å². The molecule has 1 aliphatic rings. The zero-order valence-corrected chi connectivity index (χ0v) is 8.00. The van der Waals surface area contributed by atoms with Crippen LogP contribution in [0.4, 0.5) is 0 Å². The molecule has 12 heavy (non-hydrogen) atoms. The van der Waals surface area contributed by atoms with E-state index in [4.69, 9.17) is 10.8 Å². The topological polar surface area (TPSA) is 47.7 Å². The summed E-state index contributed by atoms with van der Waals surface area (Å²) in [6, 6.07) is 0. The van der Waals surface area contributed by atoms with Crippen molar-refractivity contribution in [3.05, 3.63) is 22.3 Å². The summed E-state index contributed by atoms with van der Waals surface area (Å²) in [7, 11) is 0. The largest absolute Gasteiger partial charge is 0.300 e. The van der Waals surface area contributed by atoms with Crippen LogP contribution >= 0.6 is 0 Å². The Morgan fingerprint density at radius 3 is 0.917 bits per heavy atom. The van der Waals surface area contributed by atoms with Crippen molar-refractivity contribution in [2.24, 2.45) is 0 Å². The van der Waals surface area contributed by atoms with Crippen molar-refractivity contribution >= 4 is 11.4 Å². The lowest BCUT2D eigenvalue weighted by Crippen LogP contribution is -2.17. The molecule has 0 aromatic carbocycles. The van der Waals surface area contributed by atoms with Gasteiger partial charge in [-0.05, 0) is 50.0 Å². The molecule has 0 spiro atoms. The van der Waals surface area contributed by atoms with Gasteiger partial charge in [-0.2, -0.15) is 0 Å². The molecule has 0 aliphatic heterocycles. The van der Waals surface area contributed by atoms with Gasteiger partial charge in [0.1, 0.15) is 0 Å². The minimum absolute atomic E-state index is 0.584. The third kappa shape index (κ3) is 1.04. The number of nitrogens with one attached hydrogen (secondary N) is 2. The Morgan fingerprint density at radius 2 is 0.750 bits per heavy atom. The molecule has 0 heterocycles. The van der Waals surface area contributed by atoms with E-state index in [1.165, 1.54) is 0 Å². The summed E-state index contributed by atoms with van der Waals surface area (Å²) in [5.41, 5.74) is 4.90. The van der Waals surface area contributed by atoms with E-state index in [2.05, 4.69) is 0 Å². The summed E-state index contributed by atoms with van der Waals surface area (Å²) < 4.78 is 0. The molecule has 64 valence electrons. The van der Waals surface area contributed by atoms with E-state index in [0.29, 0.717) is 11.4 Å². The quantitative estimate of drug-likeness (QED) is 0.514. The maximum atomic E-state index is 7.74. The molecule has 0 aromatic rings. The fourth-order valence-corrected chi connectivity index (χ4v) is 1.31. The fourth-order valence-electron chi connectivity index (χ4n) is 1.31. The highest BCUT2D eigenvalue weighted by Gasteiger charge is 2.19. The summed E-state index contributed by atoms with van der Waals surface area (Å²) in [5.74, 6) is 0. The van der Waals surface area contributed by atoms with Crippen molar-refractivity contribution < 1.29 is 0 Å². The van der Waals surface area contributed by atoms with Gasteiger partial charge in [-0.15, -0.1) is 0 Å². The molecular weight excluding hydrogens is 148 g/mol. The Morgan fingerprint density at radius 1 is 0.583 bits per heavy atom. The predicted octanol–water partition coefficient (Wildman–Crippen LogP) is 2.71. The van der Waals surface area contributed by atoms with Crippen molar-refractivity contribution in [1.82, 2.24) is 0 Å². The Bertz CT molecular complexity index is 268. The summed E-state index contributed by atoms with van der Waals surface area (Å²) in [6.45, 7) is 7.62. The lowest BCUT2D eigenvalue weighted by molar-refractivity contribution is 1.27. The second kappa shape index (κ2) is 2.70. The van der Waals surface area contributed by atoms with E-state index in [0.717, 1.165) is 22.3 Å². The van der Waals surface area contributed by atoms with Crippen LogP contribution in [0.5, 0.6) is 0 Å². The van der Waals surface area contributed by atoms with Crippen LogP contribution < -0.4 is 0 Å². The summed E-state index contributed by atoms with van der Waals surface area (Å²) in [6.07, 6.45) is 0. The minimum Gasteiger partial charge on any atom is -0.300 e. The standard InChI is InChI=1S/C10H14N2/c1-5-6(2)10(12)8(4)7(3)9(5)11/h11-12H,1-4H3. The smallest absolute Gasteiger partial charge is 0.0605 e. The Labute approximate surface area is 73.0 Å². The normalized spacial score (nSPS) is 19.3. The third-order valence-electron chi connectivity index (χ3n) is 2.62. The molecule has 1 aliphatic carbocycles. The molecular formula is C10H14N2. The van der Waals surface area contributed by atoms with E-state index >= 15 is 0 Å². The molecule has 0 saturated heterocycles. The Hall–Kier alpha value is -1.18. The van der Waals surface area contributed by atoms with Crippen LogP contribution in [-0.4, -0.2) is 11.4 Å². The van der Waals surface area contributed by atoms with Crippen LogP contribution in [0.25, 0.3) is 0 Å². The number of hydrogen-bond acceptors (Lipinski definition) is 2. The van der Waals surface area contributed by atoms with Crippen LogP contribution in [0.2, 0.25) is 0 Å². The summed E-state index contributed by atoms with van der Waals surface area (Å²) in [4.78, 5) is 0. The van der Waals surface area contributed by atoms with Crippen LogP contribution in [-0.2, 0) is 0 Å². The molecule has 1 rings (SSSR count). The van der Waals surface area contributed by atoms with Crippen LogP contribution in [0.15, 0.2) is 22.3 Å². The molecule has 0 unspecified atom stereocenters. The van der Waals surface area contributed by atoms with Crippen LogP contribution in [0.3, 0.4) is 0 Å². The zero-order valence-electron chi connectivity index (χ0n) is 8.00. The van der Waals surface area contributed by atoms with Gasteiger partial charge in [-0.3, -0.25) is 0 Å². The number of allylic oxidation sites excluding steroid dienone is 4. The molecule has 2 N–H and O–H groups in total. The zero-order chi connectivity index (χ0) is 9.46. The van der Waals surface area contributed by atoms with Crippen molar-refractivity contribution in [2.45, 2.75) is 27.7 Å². The average molecular weight is 162 g/mol. The first-order chi connectivity index (χ1) is 5.46. The average Bonchev–Trinajstić information content (AvgIpc) is 2.08. The first-order valence-electron chi connectivity index (χ1n) is 4.00. The maximum absolute atomic E-state index is 7.74. The Balaban J connectivity index is 3.32. The summed E-state index contributed by atoms with van der Waals surface area (Å²) >= 11 is 0. The van der Waals surface area contributed by atoms with Crippen molar-refractivity contribution in [2.75, 3.05) is 0 Å². The van der Waals surface area contributed by atoms with E-state index in [1.54, 1.807) is 0 Å². The highest BCUT2D eigenvalue weighted by Crippen LogP contribution is 2.23. The monoisotopic (exact) mass is 162 g/mol. The highest BCUT2D eigenvalue weighted by atomic mass is 14.5. The van der Waals surface area contributed by atoms with Gasteiger partial charge in [0, 0.05) is 0 Å². The number of hydrogen-bond donors (Lipinski definition) is 2.